The maximum Gasteiger partial charge on any atom is 0.265 e. The molecule has 2 aromatic carbocycles. The summed E-state index contributed by atoms with van der Waals surface area (Å²) in [5, 5.41) is 4.18. The summed E-state index contributed by atoms with van der Waals surface area (Å²) < 4.78 is 5.62. The molecule has 0 saturated carbocycles. The number of hydrogen-bond acceptors (Lipinski definition) is 6. The van der Waals surface area contributed by atoms with Gasteiger partial charge in [-0.2, -0.15) is 0 Å². The predicted molar refractivity (Wildman–Crippen MR) is 138 cm³/mol. The van der Waals surface area contributed by atoms with E-state index in [0.29, 0.717) is 22.1 Å². The molecule has 1 aliphatic rings. The molecule has 7 nitrogen and oxygen atoms in total. The Kier molecular flexibility index (Phi) is 6.23. The van der Waals surface area contributed by atoms with Gasteiger partial charge in [0.15, 0.2) is 6.61 Å². The van der Waals surface area contributed by atoms with Crippen LogP contribution >= 0.6 is 22.9 Å². The molecular weight excluding hydrogens is 484 g/mol. The van der Waals surface area contributed by atoms with E-state index < -0.39 is 0 Å². The molecule has 3 heterocycles. The monoisotopic (exact) mass is 504 g/mol. The van der Waals surface area contributed by atoms with Gasteiger partial charge in [0, 0.05) is 27.3 Å². The van der Waals surface area contributed by atoms with Crippen LogP contribution in [0.2, 0.25) is 5.02 Å². The van der Waals surface area contributed by atoms with Crippen LogP contribution in [-0.4, -0.2) is 34.9 Å². The van der Waals surface area contributed by atoms with E-state index in [9.17, 15) is 9.59 Å². The topological polar surface area (TPSA) is 84.4 Å². The molecule has 35 heavy (non-hydrogen) atoms. The highest BCUT2D eigenvalue weighted by atomic mass is 35.5. The van der Waals surface area contributed by atoms with Crippen LogP contribution < -0.4 is 15.0 Å². The third-order valence-corrected chi connectivity index (χ3v) is 7.01. The number of aromatic nitrogens is 2. The lowest BCUT2D eigenvalue weighted by Crippen LogP contribution is -2.43. The molecule has 5 rings (SSSR count). The van der Waals surface area contributed by atoms with Gasteiger partial charge >= 0.3 is 0 Å². The Bertz CT molecular complexity index is 1440. The minimum Gasteiger partial charge on any atom is -0.482 e. The number of rotatable bonds is 5. The van der Waals surface area contributed by atoms with E-state index in [2.05, 4.69) is 10.3 Å². The zero-order chi connectivity index (χ0) is 24.5. The molecule has 0 fully saturated rings. The number of fused-ring (bicyclic) bond motifs is 1. The lowest BCUT2D eigenvalue weighted by atomic mass is 10.1. The van der Waals surface area contributed by atoms with Gasteiger partial charge in [0.25, 0.3) is 5.91 Å². The van der Waals surface area contributed by atoms with E-state index in [4.69, 9.17) is 21.3 Å². The van der Waals surface area contributed by atoms with E-state index in [1.165, 1.54) is 4.90 Å². The zero-order valence-electron chi connectivity index (χ0n) is 19.0. The zero-order valence-corrected chi connectivity index (χ0v) is 20.6. The highest BCUT2D eigenvalue weighted by Crippen LogP contribution is 2.39. The molecule has 2 aromatic heterocycles. The molecule has 0 aliphatic carbocycles. The van der Waals surface area contributed by atoms with Crippen LogP contribution in [0.15, 0.2) is 60.8 Å². The number of carbonyl (C=O) groups excluding carboxylic acids is 2. The first-order valence-corrected chi connectivity index (χ1v) is 12.1. The number of halogens is 1. The normalized spacial score (nSPS) is 12.8. The highest BCUT2D eigenvalue weighted by Gasteiger charge is 2.28. The Labute approximate surface area is 211 Å². The van der Waals surface area contributed by atoms with Gasteiger partial charge in [-0.05, 0) is 61.9 Å². The van der Waals surface area contributed by atoms with Crippen molar-refractivity contribution in [1.82, 2.24) is 9.97 Å². The van der Waals surface area contributed by atoms with Gasteiger partial charge in [0.05, 0.1) is 17.1 Å². The average Bonchev–Trinajstić information content (AvgIpc) is 3.25. The Morgan fingerprint density at radius 1 is 1.17 bits per heavy atom. The molecule has 0 spiro atoms. The SMILES string of the molecule is Cc1ccc(NC(=O)CN2C(=O)COc3ccc(-c4nc(-c5ccccn5)sc4C)cc32)cc1Cl. The smallest absolute Gasteiger partial charge is 0.265 e. The van der Waals surface area contributed by atoms with Crippen LogP contribution in [0.5, 0.6) is 5.75 Å². The number of ether oxygens (including phenoxy) is 1. The fourth-order valence-corrected chi connectivity index (χ4v) is 4.89. The second kappa shape index (κ2) is 9.48. The fourth-order valence-electron chi connectivity index (χ4n) is 3.80. The van der Waals surface area contributed by atoms with Gasteiger partial charge in [-0.15, -0.1) is 11.3 Å². The number of nitrogens with one attached hydrogen (secondary N) is 1. The van der Waals surface area contributed by atoms with E-state index in [1.54, 1.807) is 35.7 Å². The van der Waals surface area contributed by atoms with Crippen molar-refractivity contribution in [2.75, 3.05) is 23.4 Å². The molecular formula is C26H21ClN4O3S. The number of benzene rings is 2. The van der Waals surface area contributed by atoms with Gasteiger partial charge in [0.1, 0.15) is 17.3 Å². The van der Waals surface area contributed by atoms with E-state index >= 15 is 0 Å². The number of nitrogens with zero attached hydrogens (tertiary/aromatic N) is 3. The van der Waals surface area contributed by atoms with Gasteiger partial charge in [-0.25, -0.2) is 4.98 Å². The van der Waals surface area contributed by atoms with Crippen molar-refractivity contribution >= 4 is 46.1 Å². The second-order valence-corrected chi connectivity index (χ2v) is 9.71. The van der Waals surface area contributed by atoms with Crippen molar-refractivity contribution in [3.8, 4) is 27.7 Å². The summed E-state index contributed by atoms with van der Waals surface area (Å²) in [4.78, 5) is 37.2. The van der Waals surface area contributed by atoms with Crippen LogP contribution in [0.4, 0.5) is 11.4 Å². The van der Waals surface area contributed by atoms with Crippen molar-refractivity contribution in [2.24, 2.45) is 0 Å². The Hall–Kier alpha value is -3.75. The minimum absolute atomic E-state index is 0.129. The van der Waals surface area contributed by atoms with Crippen molar-refractivity contribution in [3.05, 3.63) is 76.3 Å². The molecule has 0 bridgehead atoms. The summed E-state index contributed by atoms with van der Waals surface area (Å²) in [6, 6.07) is 16.6. The average molecular weight is 505 g/mol. The number of pyridine rings is 1. The molecule has 176 valence electrons. The molecule has 0 saturated heterocycles. The largest absolute Gasteiger partial charge is 0.482 e. The summed E-state index contributed by atoms with van der Waals surface area (Å²) in [6.45, 7) is 3.60. The van der Waals surface area contributed by atoms with E-state index in [1.807, 2.05) is 50.2 Å². The number of thiazole rings is 1. The Balaban J connectivity index is 1.42. The highest BCUT2D eigenvalue weighted by molar-refractivity contribution is 7.15. The third-order valence-electron chi connectivity index (χ3n) is 5.61. The number of carbonyl (C=O) groups is 2. The summed E-state index contributed by atoms with van der Waals surface area (Å²) in [5.41, 5.74) is 4.45. The molecule has 0 atom stereocenters. The minimum atomic E-state index is -0.334. The summed E-state index contributed by atoms with van der Waals surface area (Å²) in [5.74, 6) is -0.0907. The second-order valence-electron chi connectivity index (χ2n) is 8.10. The van der Waals surface area contributed by atoms with Crippen LogP contribution in [0.3, 0.4) is 0 Å². The number of aryl methyl sites for hydroxylation is 2. The first-order chi connectivity index (χ1) is 16.9. The van der Waals surface area contributed by atoms with E-state index in [0.717, 1.165) is 32.4 Å². The van der Waals surface area contributed by atoms with Crippen LogP contribution in [0, 0.1) is 13.8 Å². The molecule has 0 unspecified atom stereocenters. The summed E-state index contributed by atoms with van der Waals surface area (Å²) in [6.07, 6.45) is 1.74. The maximum atomic E-state index is 12.8. The first-order valence-electron chi connectivity index (χ1n) is 10.9. The van der Waals surface area contributed by atoms with Gasteiger partial charge in [-0.1, -0.05) is 23.7 Å². The number of hydrogen-bond donors (Lipinski definition) is 1. The first kappa shape index (κ1) is 23.0. The molecule has 4 aromatic rings. The van der Waals surface area contributed by atoms with Crippen LogP contribution in [0.1, 0.15) is 10.4 Å². The number of anilines is 2. The van der Waals surface area contributed by atoms with Gasteiger partial charge in [-0.3, -0.25) is 19.5 Å². The predicted octanol–water partition coefficient (Wildman–Crippen LogP) is 5.51. The maximum absolute atomic E-state index is 12.8. The quantitative estimate of drug-likeness (QED) is 0.387. The Morgan fingerprint density at radius 2 is 2.03 bits per heavy atom. The van der Waals surface area contributed by atoms with Crippen molar-refractivity contribution < 1.29 is 14.3 Å². The van der Waals surface area contributed by atoms with Crippen molar-refractivity contribution in [3.63, 3.8) is 0 Å². The van der Waals surface area contributed by atoms with Gasteiger partial charge < -0.3 is 10.1 Å². The standard InChI is InChI=1S/C26H21ClN4O3S/c1-15-6-8-18(12-19(15)27)29-23(32)13-31-21-11-17(7-9-22(21)34-14-24(31)33)25-16(2)35-26(30-25)20-5-3-4-10-28-20/h3-12H,13-14H2,1-2H3,(H,29,32). The Morgan fingerprint density at radius 3 is 2.80 bits per heavy atom. The van der Waals surface area contributed by atoms with Crippen molar-refractivity contribution in [2.45, 2.75) is 13.8 Å². The van der Waals surface area contributed by atoms with Gasteiger partial charge in [0.2, 0.25) is 5.91 Å². The number of amides is 2. The fraction of sp³-hybridized carbons (Fsp3) is 0.154. The summed E-state index contributed by atoms with van der Waals surface area (Å²) >= 11 is 7.72. The molecule has 1 N–H and O–H groups in total. The third kappa shape index (κ3) is 4.76. The molecule has 0 radical (unpaired) electrons. The van der Waals surface area contributed by atoms with E-state index in [-0.39, 0.29) is 25.0 Å². The molecule has 2 amide bonds. The van der Waals surface area contributed by atoms with Crippen molar-refractivity contribution in [1.29, 1.82) is 0 Å². The molecule has 9 heteroatoms. The lowest BCUT2D eigenvalue weighted by molar-refractivity contribution is -0.123. The lowest BCUT2D eigenvalue weighted by Gasteiger charge is -2.29. The molecule has 1 aliphatic heterocycles. The van der Waals surface area contributed by atoms with Crippen LogP contribution in [-0.2, 0) is 9.59 Å². The van der Waals surface area contributed by atoms with Crippen LogP contribution in [0.25, 0.3) is 22.0 Å². The summed E-state index contributed by atoms with van der Waals surface area (Å²) in [7, 11) is 0.